The van der Waals surface area contributed by atoms with Gasteiger partial charge in [-0.3, -0.25) is 0 Å². The SMILES string of the molecule is Cc1cc(F)c2c(c1F)[C@H](N)CCCC2. The van der Waals surface area contributed by atoms with Crippen LogP contribution in [0.25, 0.3) is 0 Å². The summed E-state index contributed by atoms with van der Waals surface area (Å²) in [5.74, 6) is -0.623. The number of hydrogen-bond acceptors (Lipinski definition) is 1. The molecule has 0 aromatic heterocycles. The molecule has 0 spiro atoms. The van der Waals surface area contributed by atoms with Gasteiger partial charge in [0.1, 0.15) is 11.6 Å². The van der Waals surface area contributed by atoms with E-state index in [0.717, 1.165) is 19.3 Å². The topological polar surface area (TPSA) is 26.0 Å². The molecule has 2 N–H and O–H groups in total. The predicted molar refractivity (Wildman–Crippen MR) is 55.6 cm³/mol. The fourth-order valence-electron chi connectivity index (χ4n) is 2.27. The summed E-state index contributed by atoms with van der Waals surface area (Å²) in [5.41, 5.74) is 7.13. The molecule has 15 heavy (non-hydrogen) atoms. The van der Waals surface area contributed by atoms with E-state index in [9.17, 15) is 8.78 Å². The summed E-state index contributed by atoms with van der Waals surface area (Å²) in [4.78, 5) is 0. The minimum atomic E-state index is -0.350. The van der Waals surface area contributed by atoms with Gasteiger partial charge in [0.15, 0.2) is 0 Å². The van der Waals surface area contributed by atoms with E-state index in [1.165, 1.54) is 6.07 Å². The first-order chi connectivity index (χ1) is 7.11. The molecule has 1 aromatic rings. The van der Waals surface area contributed by atoms with Gasteiger partial charge < -0.3 is 5.73 Å². The average Bonchev–Trinajstić information content (AvgIpc) is 2.37. The Kier molecular flexibility index (Phi) is 2.74. The maximum Gasteiger partial charge on any atom is 0.131 e. The molecular formula is C12H15F2N. The molecule has 0 saturated heterocycles. The standard InChI is InChI=1S/C12H15F2N/c1-7-6-9(13)8-4-2-3-5-10(15)11(8)12(7)14/h6,10H,2-5,15H2,1H3/t10-/m1/s1. The highest BCUT2D eigenvalue weighted by molar-refractivity contribution is 5.37. The molecule has 1 aromatic carbocycles. The zero-order chi connectivity index (χ0) is 11.0. The zero-order valence-corrected chi connectivity index (χ0v) is 8.82. The Morgan fingerprint density at radius 1 is 1.33 bits per heavy atom. The molecular weight excluding hydrogens is 196 g/mol. The summed E-state index contributed by atoms with van der Waals surface area (Å²) in [5, 5.41) is 0. The van der Waals surface area contributed by atoms with E-state index in [2.05, 4.69) is 0 Å². The molecule has 0 radical (unpaired) electrons. The summed E-state index contributed by atoms with van der Waals surface area (Å²) in [6.07, 6.45) is 3.17. The second-order valence-corrected chi connectivity index (χ2v) is 4.23. The molecule has 3 heteroatoms. The molecule has 0 bridgehead atoms. The van der Waals surface area contributed by atoms with Crippen LogP contribution in [0.3, 0.4) is 0 Å². The maximum atomic E-state index is 13.8. The van der Waals surface area contributed by atoms with Crippen molar-refractivity contribution in [2.45, 2.75) is 38.6 Å². The van der Waals surface area contributed by atoms with E-state index in [-0.39, 0.29) is 17.7 Å². The molecule has 0 saturated carbocycles. The van der Waals surface area contributed by atoms with Crippen molar-refractivity contribution >= 4 is 0 Å². The zero-order valence-electron chi connectivity index (χ0n) is 8.82. The number of fused-ring (bicyclic) bond motifs is 1. The Labute approximate surface area is 88.3 Å². The van der Waals surface area contributed by atoms with Crippen molar-refractivity contribution < 1.29 is 8.78 Å². The van der Waals surface area contributed by atoms with Crippen LogP contribution in [0.15, 0.2) is 6.07 Å². The summed E-state index contributed by atoms with van der Waals surface area (Å²) in [6, 6.07) is 0.920. The van der Waals surface area contributed by atoms with Crippen molar-refractivity contribution in [2.24, 2.45) is 5.73 Å². The Bertz CT molecular complexity index is 388. The van der Waals surface area contributed by atoms with Gasteiger partial charge in [0.2, 0.25) is 0 Å². The maximum absolute atomic E-state index is 13.8. The van der Waals surface area contributed by atoms with Gasteiger partial charge >= 0.3 is 0 Å². The largest absolute Gasteiger partial charge is 0.324 e. The molecule has 82 valence electrons. The third-order valence-corrected chi connectivity index (χ3v) is 3.10. The average molecular weight is 211 g/mol. The number of halogens is 2. The normalized spacial score (nSPS) is 20.9. The quantitative estimate of drug-likeness (QED) is 0.656. The fourth-order valence-corrected chi connectivity index (χ4v) is 2.27. The summed E-state index contributed by atoms with van der Waals surface area (Å²) >= 11 is 0. The van der Waals surface area contributed by atoms with E-state index in [4.69, 9.17) is 5.73 Å². The number of hydrogen-bond donors (Lipinski definition) is 1. The Hall–Kier alpha value is -0.960. The third-order valence-electron chi connectivity index (χ3n) is 3.10. The van der Waals surface area contributed by atoms with Crippen LogP contribution in [0.4, 0.5) is 8.78 Å². The summed E-state index contributed by atoms with van der Waals surface area (Å²) in [7, 11) is 0. The van der Waals surface area contributed by atoms with Gasteiger partial charge in [-0.1, -0.05) is 6.42 Å². The lowest BCUT2D eigenvalue weighted by molar-refractivity contribution is 0.541. The van der Waals surface area contributed by atoms with Crippen molar-refractivity contribution in [1.29, 1.82) is 0 Å². The molecule has 0 heterocycles. The number of nitrogens with two attached hydrogens (primary N) is 1. The van der Waals surface area contributed by atoms with E-state index in [1.807, 2.05) is 0 Å². The first-order valence-corrected chi connectivity index (χ1v) is 5.34. The minimum absolute atomic E-state index is 0.304. The van der Waals surface area contributed by atoms with E-state index in [0.29, 0.717) is 23.1 Å². The molecule has 0 amide bonds. The fraction of sp³-hybridized carbons (Fsp3) is 0.500. The molecule has 1 nitrogen and oxygen atoms in total. The Morgan fingerprint density at radius 3 is 2.80 bits per heavy atom. The van der Waals surface area contributed by atoms with Crippen LogP contribution >= 0.6 is 0 Å². The monoisotopic (exact) mass is 211 g/mol. The molecule has 2 rings (SSSR count). The molecule has 0 unspecified atom stereocenters. The molecule has 0 aliphatic heterocycles. The minimum Gasteiger partial charge on any atom is -0.324 e. The first-order valence-electron chi connectivity index (χ1n) is 5.34. The number of benzene rings is 1. The van der Waals surface area contributed by atoms with Crippen molar-refractivity contribution in [2.75, 3.05) is 0 Å². The number of rotatable bonds is 0. The van der Waals surface area contributed by atoms with Crippen molar-refractivity contribution in [3.8, 4) is 0 Å². The van der Waals surface area contributed by atoms with Crippen LogP contribution in [0.2, 0.25) is 0 Å². The summed E-state index contributed by atoms with van der Waals surface area (Å²) in [6.45, 7) is 1.58. The lowest BCUT2D eigenvalue weighted by Gasteiger charge is -2.15. The van der Waals surface area contributed by atoms with Crippen LogP contribution in [-0.2, 0) is 6.42 Å². The summed E-state index contributed by atoms with van der Waals surface area (Å²) < 4.78 is 27.5. The van der Waals surface area contributed by atoms with Gasteiger partial charge in [-0.25, -0.2) is 8.78 Å². The van der Waals surface area contributed by atoms with Crippen molar-refractivity contribution in [3.05, 3.63) is 34.4 Å². The second-order valence-electron chi connectivity index (χ2n) is 4.23. The van der Waals surface area contributed by atoms with Gasteiger partial charge in [-0.05, 0) is 43.4 Å². The lowest BCUT2D eigenvalue weighted by atomic mass is 9.96. The van der Waals surface area contributed by atoms with Gasteiger partial charge in [-0.15, -0.1) is 0 Å². The van der Waals surface area contributed by atoms with Crippen molar-refractivity contribution in [3.63, 3.8) is 0 Å². The highest BCUT2D eigenvalue weighted by atomic mass is 19.1. The third kappa shape index (κ3) is 1.76. The van der Waals surface area contributed by atoms with Crippen LogP contribution in [-0.4, -0.2) is 0 Å². The van der Waals surface area contributed by atoms with Crippen molar-refractivity contribution in [1.82, 2.24) is 0 Å². The van der Waals surface area contributed by atoms with Gasteiger partial charge in [0.05, 0.1) is 0 Å². The van der Waals surface area contributed by atoms with E-state index < -0.39 is 0 Å². The highest BCUT2D eigenvalue weighted by Gasteiger charge is 2.23. The van der Waals surface area contributed by atoms with Crippen LogP contribution in [0.5, 0.6) is 0 Å². The van der Waals surface area contributed by atoms with E-state index >= 15 is 0 Å². The molecule has 1 atom stereocenters. The Morgan fingerprint density at radius 2 is 2.07 bits per heavy atom. The second kappa shape index (κ2) is 3.89. The van der Waals surface area contributed by atoms with Gasteiger partial charge in [0.25, 0.3) is 0 Å². The Balaban J connectivity index is 2.63. The molecule has 1 aliphatic rings. The van der Waals surface area contributed by atoms with Gasteiger partial charge in [0, 0.05) is 11.6 Å². The van der Waals surface area contributed by atoms with Crippen LogP contribution in [0.1, 0.15) is 42.0 Å². The number of aryl methyl sites for hydroxylation is 1. The smallest absolute Gasteiger partial charge is 0.131 e. The predicted octanol–water partition coefficient (Wildman–Crippen LogP) is 3.00. The van der Waals surface area contributed by atoms with Gasteiger partial charge in [-0.2, -0.15) is 0 Å². The highest BCUT2D eigenvalue weighted by Crippen LogP contribution is 2.32. The van der Waals surface area contributed by atoms with Crippen LogP contribution < -0.4 is 5.73 Å². The van der Waals surface area contributed by atoms with Crippen LogP contribution in [0, 0.1) is 18.6 Å². The lowest BCUT2D eigenvalue weighted by Crippen LogP contribution is -2.14. The first kappa shape index (κ1) is 10.6. The van der Waals surface area contributed by atoms with E-state index in [1.54, 1.807) is 6.92 Å². The molecule has 1 aliphatic carbocycles. The molecule has 0 fully saturated rings.